The topological polar surface area (TPSA) is 59.1 Å². The number of imide groups is 1. The monoisotopic (exact) mass is 434 g/mol. The minimum absolute atomic E-state index is 0.0194. The molecule has 2 aromatic rings. The highest BCUT2D eigenvalue weighted by Crippen LogP contribution is 2.34. The first-order chi connectivity index (χ1) is 15.5. The van der Waals surface area contributed by atoms with E-state index in [1.54, 1.807) is 0 Å². The Morgan fingerprint density at radius 1 is 0.938 bits per heavy atom. The molecule has 1 fully saturated rings. The van der Waals surface area contributed by atoms with Crippen LogP contribution in [0.3, 0.4) is 0 Å². The van der Waals surface area contributed by atoms with E-state index in [9.17, 15) is 9.59 Å². The second kappa shape index (κ2) is 9.57. The van der Waals surface area contributed by atoms with Gasteiger partial charge in [0.2, 0.25) is 0 Å². The Balaban J connectivity index is 1.67. The summed E-state index contributed by atoms with van der Waals surface area (Å²) in [5.41, 5.74) is 2.77. The van der Waals surface area contributed by atoms with E-state index in [4.69, 9.17) is 9.47 Å². The maximum atomic E-state index is 13.5. The van der Waals surface area contributed by atoms with Crippen molar-refractivity contribution in [2.24, 2.45) is 0 Å². The van der Waals surface area contributed by atoms with Crippen LogP contribution >= 0.6 is 0 Å². The number of amides is 2. The van der Waals surface area contributed by atoms with Crippen molar-refractivity contribution in [3.05, 3.63) is 71.4 Å². The van der Waals surface area contributed by atoms with Crippen molar-refractivity contribution in [3.63, 3.8) is 0 Å². The summed E-state index contributed by atoms with van der Waals surface area (Å²) in [5.74, 6) is 0.276. The number of carbonyl (C=O) groups excluding carboxylic acids is 2. The predicted molar refractivity (Wildman–Crippen MR) is 123 cm³/mol. The fourth-order valence-electron chi connectivity index (χ4n) is 4.45. The zero-order valence-electron chi connectivity index (χ0n) is 18.9. The van der Waals surface area contributed by atoms with E-state index >= 15 is 0 Å². The standard InChI is InChI=1S/C26H30N2O4/c1-4-31-22-12-10-21(11-13-22)23-24(27-16-18(2)32-19(3)17-27)26(30)28(25(23)29)15-14-20-8-6-5-7-9-20/h5-13,18-19H,4,14-17H2,1-3H3. The lowest BCUT2D eigenvalue weighted by molar-refractivity contribution is -0.138. The maximum Gasteiger partial charge on any atom is 0.277 e. The minimum atomic E-state index is -0.239. The number of morpholine rings is 1. The van der Waals surface area contributed by atoms with Crippen LogP contribution in [0.5, 0.6) is 5.75 Å². The van der Waals surface area contributed by atoms with E-state index in [1.165, 1.54) is 4.90 Å². The third-order valence-corrected chi connectivity index (χ3v) is 5.80. The minimum Gasteiger partial charge on any atom is -0.494 e. The Morgan fingerprint density at radius 2 is 1.59 bits per heavy atom. The van der Waals surface area contributed by atoms with Crippen molar-refractivity contribution in [1.29, 1.82) is 0 Å². The van der Waals surface area contributed by atoms with Gasteiger partial charge in [-0.15, -0.1) is 0 Å². The average molecular weight is 435 g/mol. The molecule has 0 aliphatic carbocycles. The van der Waals surface area contributed by atoms with Crippen molar-refractivity contribution in [2.45, 2.75) is 39.4 Å². The van der Waals surface area contributed by atoms with Gasteiger partial charge in [0, 0.05) is 19.6 Å². The van der Waals surface area contributed by atoms with Crippen molar-refractivity contribution in [1.82, 2.24) is 9.80 Å². The lowest BCUT2D eigenvalue weighted by atomic mass is 10.0. The molecule has 2 heterocycles. The highest BCUT2D eigenvalue weighted by Gasteiger charge is 2.42. The number of carbonyl (C=O) groups is 2. The second-order valence-corrected chi connectivity index (χ2v) is 8.34. The van der Waals surface area contributed by atoms with Crippen LogP contribution in [0.4, 0.5) is 0 Å². The van der Waals surface area contributed by atoms with Gasteiger partial charge in [0.1, 0.15) is 11.4 Å². The van der Waals surface area contributed by atoms with Crippen LogP contribution in [0, 0.1) is 0 Å². The molecular weight excluding hydrogens is 404 g/mol. The van der Waals surface area contributed by atoms with Crippen molar-refractivity contribution in [3.8, 4) is 5.75 Å². The smallest absolute Gasteiger partial charge is 0.277 e. The first-order valence-corrected chi connectivity index (χ1v) is 11.3. The number of rotatable bonds is 7. The number of nitrogens with zero attached hydrogens (tertiary/aromatic N) is 2. The molecule has 32 heavy (non-hydrogen) atoms. The molecule has 168 valence electrons. The molecule has 4 rings (SSSR count). The van der Waals surface area contributed by atoms with Crippen LogP contribution in [0.1, 0.15) is 31.9 Å². The fourth-order valence-corrected chi connectivity index (χ4v) is 4.45. The Hall–Kier alpha value is -3.12. The molecule has 2 aliphatic rings. The molecule has 6 nitrogen and oxygen atoms in total. The van der Waals surface area contributed by atoms with E-state index in [-0.39, 0.29) is 24.0 Å². The number of hydrogen-bond donors (Lipinski definition) is 0. The largest absolute Gasteiger partial charge is 0.494 e. The summed E-state index contributed by atoms with van der Waals surface area (Å²) in [7, 11) is 0. The summed E-state index contributed by atoms with van der Waals surface area (Å²) >= 11 is 0. The van der Waals surface area contributed by atoms with Gasteiger partial charge in [0.25, 0.3) is 11.8 Å². The molecular formula is C26H30N2O4. The van der Waals surface area contributed by atoms with Crippen LogP contribution in [0.2, 0.25) is 0 Å². The quantitative estimate of drug-likeness (QED) is 0.624. The molecule has 2 aliphatic heterocycles. The van der Waals surface area contributed by atoms with Gasteiger partial charge >= 0.3 is 0 Å². The molecule has 2 aromatic carbocycles. The summed E-state index contributed by atoms with van der Waals surface area (Å²) in [5, 5.41) is 0. The van der Waals surface area contributed by atoms with Gasteiger partial charge < -0.3 is 14.4 Å². The van der Waals surface area contributed by atoms with E-state index in [0.29, 0.717) is 43.9 Å². The lowest BCUT2D eigenvalue weighted by Crippen LogP contribution is -2.47. The SMILES string of the molecule is CCOc1ccc(C2=C(N3CC(C)OC(C)C3)C(=O)N(CCc3ccccc3)C2=O)cc1. The maximum absolute atomic E-state index is 13.5. The molecule has 2 atom stereocenters. The van der Waals surface area contributed by atoms with E-state index in [0.717, 1.165) is 16.9 Å². The number of benzene rings is 2. The van der Waals surface area contributed by atoms with Gasteiger partial charge in [0.15, 0.2) is 0 Å². The van der Waals surface area contributed by atoms with Gasteiger partial charge in [-0.05, 0) is 50.5 Å². The van der Waals surface area contributed by atoms with Crippen LogP contribution in [-0.2, 0) is 20.7 Å². The average Bonchev–Trinajstić information content (AvgIpc) is 3.03. The molecule has 1 saturated heterocycles. The summed E-state index contributed by atoms with van der Waals surface area (Å²) in [6.07, 6.45) is 0.584. The molecule has 6 heteroatoms. The van der Waals surface area contributed by atoms with Crippen LogP contribution in [-0.4, -0.2) is 60.1 Å². The van der Waals surface area contributed by atoms with E-state index < -0.39 is 0 Å². The Morgan fingerprint density at radius 3 is 2.22 bits per heavy atom. The van der Waals surface area contributed by atoms with Gasteiger partial charge in [-0.1, -0.05) is 42.5 Å². The molecule has 2 unspecified atom stereocenters. The number of ether oxygens (including phenoxy) is 2. The van der Waals surface area contributed by atoms with Crippen LogP contribution in [0.25, 0.3) is 5.57 Å². The third kappa shape index (κ3) is 4.55. The first kappa shape index (κ1) is 22.1. The summed E-state index contributed by atoms with van der Waals surface area (Å²) in [6, 6.07) is 17.3. The van der Waals surface area contributed by atoms with Crippen molar-refractivity contribution < 1.29 is 19.1 Å². The summed E-state index contributed by atoms with van der Waals surface area (Å²) in [4.78, 5) is 30.5. The second-order valence-electron chi connectivity index (χ2n) is 8.34. The fraction of sp³-hybridized carbons (Fsp3) is 0.385. The Labute approximate surface area is 189 Å². The normalized spacial score (nSPS) is 21.5. The molecule has 0 N–H and O–H groups in total. The zero-order valence-corrected chi connectivity index (χ0v) is 18.9. The molecule has 0 spiro atoms. The highest BCUT2D eigenvalue weighted by atomic mass is 16.5. The van der Waals surface area contributed by atoms with Crippen molar-refractivity contribution >= 4 is 17.4 Å². The third-order valence-electron chi connectivity index (χ3n) is 5.80. The summed E-state index contributed by atoms with van der Waals surface area (Å²) < 4.78 is 11.4. The van der Waals surface area contributed by atoms with Gasteiger partial charge in [-0.2, -0.15) is 0 Å². The van der Waals surface area contributed by atoms with Gasteiger partial charge in [-0.3, -0.25) is 14.5 Å². The molecule has 0 bridgehead atoms. The predicted octanol–water partition coefficient (Wildman–Crippen LogP) is 3.52. The molecule has 0 saturated carbocycles. The highest BCUT2D eigenvalue weighted by molar-refractivity contribution is 6.35. The Kier molecular flexibility index (Phi) is 6.61. The zero-order chi connectivity index (χ0) is 22.7. The van der Waals surface area contributed by atoms with Crippen LogP contribution in [0.15, 0.2) is 60.3 Å². The van der Waals surface area contributed by atoms with E-state index in [2.05, 4.69) is 0 Å². The lowest BCUT2D eigenvalue weighted by Gasteiger charge is -2.37. The van der Waals surface area contributed by atoms with Gasteiger partial charge in [-0.25, -0.2) is 0 Å². The molecule has 0 aromatic heterocycles. The molecule has 0 radical (unpaired) electrons. The number of hydrogen-bond acceptors (Lipinski definition) is 5. The van der Waals surface area contributed by atoms with E-state index in [1.807, 2.05) is 80.3 Å². The van der Waals surface area contributed by atoms with Crippen LogP contribution < -0.4 is 4.74 Å². The van der Waals surface area contributed by atoms with Gasteiger partial charge in [0.05, 0.1) is 24.4 Å². The Bertz CT molecular complexity index is 990. The first-order valence-electron chi connectivity index (χ1n) is 11.3. The summed E-state index contributed by atoms with van der Waals surface area (Å²) in [6.45, 7) is 7.99. The van der Waals surface area contributed by atoms with Crippen molar-refractivity contribution in [2.75, 3.05) is 26.2 Å². The molecule has 2 amide bonds.